The molecule has 0 aliphatic heterocycles. The number of methoxy groups -OCH3 is 1. The Kier molecular flexibility index (Phi) is 8.07. The molecule has 0 radical (unpaired) electrons. The Balaban J connectivity index is 2.38. The van der Waals surface area contributed by atoms with Crippen molar-refractivity contribution in [2.45, 2.75) is 3.79 Å². The number of nitrogens with zero attached hydrogens (tertiary/aromatic N) is 4. The number of anilines is 1. The van der Waals surface area contributed by atoms with Crippen LogP contribution in [0.2, 0.25) is 0 Å². The Morgan fingerprint density at radius 3 is 2.15 bits per heavy atom. The fourth-order valence-electron chi connectivity index (χ4n) is 2.16. The molecule has 1 aromatic carbocycles. The lowest BCUT2D eigenvalue weighted by Crippen LogP contribution is -2.32. The topological polar surface area (TPSA) is 91.6 Å². The fraction of sp³-hybridized carbons (Fsp3) is 0.353. The average Bonchev–Trinajstić information content (AvgIpc) is 2.65. The van der Waals surface area contributed by atoms with E-state index in [1.807, 2.05) is 24.3 Å². The van der Waals surface area contributed by atoms with Crippen molar-refractivity contribution >= 4 is 52.9 Å². The summed E-state index contributed by atoms with van der Waals surface area (Å²) < 4.78 is 3.28. The third-order valence-corrected chi connectivity index (χ3v) is 3.96. The number of aliphatic hydroxyl groups excluding tert-OH is 2. The van der Waals surface area contributed by atoms with E-state index in [-0.39, 0.29) is 43.9 Å². The van der Waals surface area contributed by atoms with Gasteiger partial charge in [-0.1, -0.05) is 53.0 Å². The maximum atomic E-state index is 9.22. The molecule has 0 saturated heterocycles. The summed E-state index contributed by atoms with van der Waals surface area (Å²) in [6.45, 7) is 0.134. The van der Waals surface area contributed by atoms with Crippen LogP contribution in [0.15, 0.2) is 24.3 Å². The Morgan fingerprint density at radius 2 is 1.63 bits per heavy atom. The summed E-state index contributed by atoms with van der Waals surface area (Å²) in [5.74, 6) is 1.17. The van der Waals surface area contributed by atoms with Crippen molar-refractivity contribution in [3.8, 4) is 5.75 Å². The van der Waals surface area contributed by atoms with Crippen molar-refractivity contribution < 1.29 is 14.9 Å². The van der Waals surface area contributed by atoms with Crippen LogP contribution in [0.4, 0.5) is 5.95 Å². The van der Waals surface area contributed by atoms with Gasteiger partial charge in [0.1, 0.15) is 5.75 Å². The minimum Gasteiger partial charge on any atom is -0.497 e. The highest BCUT2D eigenvalue weighted by Crippen LogP contribution is 2.36. The molecule has 0 aliphatic carbocycles. The highest BCUT2D eigenvalue weighted by molar-refractivity contribution is 6.66. The number of aliphatic hydroxyl groups is 2. The van der Waals surface area contributed by atoms with E-state index in [1.54, 1.807) is 24.2 Å². The highest BCUT2D eigenvalue weighted by Gasteiger charge is 2.28. The Labute approximate surface area is 172 Å². The second kappa shape index (κ2) is 10.1. The molecule has 2 rings (SSSR count). The molecule has 1 heterocycles. The molecule has 0 bridgehead atoms. The lowest BCUT2D eigenvalue weighted by Gasteiger charge is -2.22. The molecule has 27 heavy (non-hydrogen) atoms. The molecule has 0 atom stereocenters. The van der Waals surface area contributed by atoms with E-state index in [0.29, 0.717) is 0 Å². The molecule has 10 heteroatoms. The van der Waals surface area contributed by atoms with Crippen LogP contribution in [0, 0.1) is 0 Å². The van der Waals surface area contributed by atoms with E-state index in [0.717, 1.165) is 11.3 Å². The molecule has 2 aromatic rings. The summed E-state index contributed by atoms with van der Waals surface area (Å²) >= 11 is 17.8. The van der Waals surface area contributed by atoms with Crippen molar-refractivity contribution in [1.82, 2.24) is 15.0 Å². The van der Waals surface area contributed by atoms with Gasteiger partial charge in [-0.05, 0) is 23.8 Å². The lowest BCUT2D eigenvalue weighted by molar-refractivity contribution is 0.280. The molecule has 0 spiro atoms. The van der Waals surface area contributed by atoms with Crippen LogP contribution in [0.25, 0.3) is 12.2 Å². The molecule has 2 N–H and O–H groups in total. The van der Waals surface area contributed by atoms with Gasteiger partial charge in [-0.15, -0.1) is 0 Å². The number of alkyl halides is 3. The fourth-order valence-corrected chi connectivity index (χ4v) is 2.42. The van der Waals surface area contributed by atoms with Crippen molar-refractivity contribution in [1.29, 1.82) is 0 Å². The number of hydrogen-bond donors (Lipinski definition) is 2. The van der Waals surface area contributed by atoms with Crippen LogP contribution in [-0.4, -0.2) is 58.6 Å². The Bertz CT molecular complexity index is 761. The first-order valence-electron chi connectivity index (χ1n) is 7.99. The monoisotopic (exact) mass is 432 g/mol. The van der Waals surface area contributed by atoms with Gasteiger partial charge in [-0.2, -0.15) is 9.97 Å². The summed E-state index contributed by atoms with van der Waals surface area (Å²) in [6, 6.07) is 7.40. The predicted octanol–water partition coefficient (Wildman–Crippen LogP) is 2.67. The second-order valence-corrected chi connectivity index (χ2v) is 7.64. The number of ether oxygens (including phenoxy) is 1. The summed E-state index contributed by atoms with van der Waals surface area (Å²) in [5, 5.41) is 18.4. The van der Waals surface area contributed by atoms with Gasteiger partial charge in [0.15, 0.2) is 11.6 Å². The molecule has 146 valence electrons. The number of halogens is 3. The number of rotatable bonds is 8. The standard InChI is InChI=1S/C17H19Cl3N4O3/c1-27-13-5-2-12(3-6-13)4-7-14-21-15(17(18,19)20)23-16(22-14)24(8-10-25)9-11-26/h2-7,25-26H,8-11H2,1H3/b7-4+. The van der Waals surface area contributed by atoms with Crippen molar-refractivity contribution in [2.24, 2.45) is 0 Å². The van der Waals surface area contributed by atoms with Crippen LogP contribution in [-0.2, 0) is 3.79 Å². The molecule has 1 aromatic heterocycles. The summed E-state index contributed by atoms with van der Waals surface area (Å²) in [4.78, 5) is 14.2. The first-order chi connectivity index (χ1) is 12.9. The van der Waals surface area contributed by atoms with Gasteiger partial charge >= 0.3 is 0 Å². The zero-order valence-corrected chi connectivity index (χ0v) is 16.8. The van der Waals surface area contributed by atoms with E-state index < -0.39 is 3.79 Å². The average molecular weight is 434 g/mol. The summed E-state index contributed by atoms with van der Waals surface area (Å²) in [5.41, 5.74) is 0.899. The van der Waals surface area contributed by atoms with Gasteiger partial charge < -0.3 is 19.8 Å². The minimum atomic E-state index is -1.84. The van der Waals surface area contributed by atoms with Crippen LogP contribution in [0.3, 0.4) is 0 Å². The van der Waals surface area contributed by atoms with Gasteiger partial charge in [0.25, 0.3) is 0 Å². The molecular formula is C17H19Cl3N4O3. The molecular weight excluding hydrogens is 415 g/mol. The van der Waals surface area contributed by atoms with Crippen LogP contribution < -0.4 is 9.64 Å². The maximum absolute atomic E-state index is 9.22. The van der Waals surface area contributed by atoms with Gasteiger partial charge in [0, 0.05) is 13.1 Å². The molecule has 0 aliphatic rings. The minimum absolute atomic E-state index is 0.0484. The van der Waals surface area contributed by atoms with Gasteiger partial charge in [0.2, 0.25) is 9.74 Å². The summed E-state index contributed by atoms with van der Waals surface area (Å²) in [6.07, 6.45) is 3.45. The highest BCUT2D eigenvalue weighted by atomic mass is 35.6. The largest absolute Gasteiger partial charge is 0.497 e. The molecule has 0 amide bonds. The second-order valence-electron chi connectivity index (χ2n) is 5.36. The van der Waals surface area contributed by atoms with Crippen LogP contribution in [0.1, 0.15) is 17.2 Å². The lowest BCUT2D eigenvalue weighted by atomic mass is 10.2. The Hall–Kier alpha value is -1.64. The van der Waals surface area contributed by atoms with Crippen LogP contribution in [0.5, 0.6) is 5.75 Å². The van der Waals surface area contributed by atoms with E-state index in [9.17, 15) is 10.2 Å². The quantitative estimate of drug-likeness (QED) is 0.618. The SMILES string of the molecule is COc1ccc(/C=C/c2nc(N(CCO)CCO)nc(C(Cl)(Cl)Cl)n2)cc1. The van der Waals surface area contributed by atoms with Crippen molar-refractivity contribution in [3.63, 3.8) is 0 Å². The zero-order valence-electron chi connectivity index (χ0n) is 14.5. The Morgan fingerprint density at radius 1 is 1.00 bits per heavy atom. The molecule has 0 fully saturated rings. The number of hydrogen-bond acceptors (Lipinski definition) is 7. The van der Waals surface area contributed by atoms with Gasteiger partial charge in [-0.25, -0.2) is 4.98 Å². The summed E-state index contributed by atoms with van der Waals surface area (Å²) in [7, 11) is 1.60. The molecule has 0 saturated carbocycles. The molecule has 0 unspecified atom stereocenters. The maximum Gasteiger partial charge on any atom is 0.250 e. The number of benzene rings is 1. The van der Waals surface area contributed by atoms with Gasteiger partial charge in [0.05, 0.1) is 20.3 Å². The smallest absolute Gasteiger partial charge is 0.250 e. The third-order valence-electron chi connectivity index (χ3n) is 3.46. The zero-order chi connectivity index (χ0) is 19.9. The van der Waals surface area contributed by atoms with E-state index in [1.165, 1.54) is 0 Å². The van der Waals surface area contributed by atoms with E-state index in [4.69, 9.17) is 39.5 Å². The van der Waals surface area contributed by atoms with Crippen molar-refractivity contribution in [3.05, 3.63) is 41.5 Å². The van der Waals surface area contributed by atoms with Crippen LogP contribution >= 0.6 is 34.8 Å². The van der Waals surface area contributed by atoms with Crippen molar-refractivity contribution in [2.75, 3.05) is 38.3 Å². The first-order valence-corrected chi connectivity index (χ1v) is 9.13. The first kappa shape index (κ1) is 21.7. The predicted molar refractivity (Wildman–Crippen MR) is 107 cm³/mol. The van der Waals surface area contributed by atoms with E-state index >= 15 is 0 Å². The third kappa shape index (κ3) is 6.48. The normalized spacial score (nSPS) is 11.8. The molecule has 7 nitrogen and oxygen atoms in total. The van der Waals surface area contributed by atoms with E-state index in [2.05, 4.69) is 15.0 Å². The number of aromatic nitrogens is 3. The van der Waals surface area contributed by atoms with Gasteiger partial charge in [-0.3, -0.25) is 0 Å².